The van der Waals surface area contributed by atoms with Gasteiger partial charge in [-0.2, -0.15) is 0 Å². The second kappa shape index (κ2) is 9.28. The summed E-state index contributed by atoms with van der Waals surface area (Å²) in [5, 5.41) is 0. The highest BCUT2D eigenvalue weighted by Gasteiger charge is 2.31. The van der Waals surface area contributed by atoms with Crippen molar-refractivity contribution in [2.45, 2.75) is 44.8 Å². The maximum atomic E-state index is 13.5. The van der Waals surface area contributed by atoms with E-state index in [1.54, 1.807) is 7.11 Å². The van der Waals surface area contributed by atoms with Gasteiger partial charge in [0.1, 0.15) is 5.56 Å². The van der Waals surface area contributed by atoms with Crippen LogP contribution in [0, 0.1) is 29.1 Å². The fourth-order valence-corrected chi connectivity index (χ4v) is 5.45. The lowest BCUT2D eigenvalue weighted by atomic mass is 10.1. The molecule has 0 aliphatic carbocycles. The number of carbonyl (C=O) groups excluding carboxylic acids is 1. The van der Waals surface area contributed by atoms with Gasteiger partial charge in [0.25, 0.3) is 0 Å². The number of hydrogen-bond acceptors (Lipinski definition) is 3. The van der Waals surface area contributed by atoms with Gasteiger partial charge in [0.15, 0.2) is 31.6 Å². The van der Waals surface area contributed by atoms with Crippen LogP contribution in [-0.4, -0.2) is 28.0 Å². The van der Waals surface area contributed by atoms with Gasteiger partial charge in [-0.15, -0.1) is 0 Å². The predicted octanol–water partition coefficient (Wildman–Crippen LogP) is 4.95. The Morgan fingerprint density at radius 1 is 0.880 bits per heavy atom. The summed E-state index contributed by atoms with van der Waals surface area (Å²) in [6.07, 6.45) is 1.07. The first-order valence-electron chi connectivity index (χ1n) is 7.98. The van der Waals surface area contributed by atoms with E-state index in [4.69, 9.17) is 4.43 Å². The minimum Gasteiger partial charge on any atom is -0.462 e. The van der Waals surface area contributed by atoms with E-state index in [0.717, 1.165) is 18.1 Å². The first-order valence-corrected chi connectivity index (χ1v) is 10.5. The maximum Gasteiger partial charge on any atom is 0.344 e. The Bertz CT molecular complexity index is 583. The van der Waals surface area contributed by atoms with E-state index in [0.29, 0.717) is 12.8 Å². The van der Waals surface area contributed by atoms with Crippen LogP contribution in [0.5, 0.6) is 0 Å². The Kier molecular flexibility index (Phi) is 8.00. The number of hydrogen-bond donors (Lipinski definition) is 0. The van der Waals surface area contributed by atoms with Crippen LogP contribution in [-0.2, 0) is 9.16 Å². The first kappa shape index (κ1) is 21.6. The maximum absolute atomic E-state index is 13.5. The molecule has 142 valence electrons. The molecule has 0 saturated heterocycles. The van der Waals surface area contributed by atoms with Crippen molar-refractivity contribution in [1.82, 2.24) is 0 Å². The summed E-state index contributed by atoms with van der Waals surface area (Å²) in [6.45, 7) is 3.91. The summed E-state index contributed by atoms with van der Waals surface area (Å²) in [5.41, 5.74) is -1.57. The van der Waals surface area contributed by atoms with Crippen LogP contribution in [0.25, 0.3) is 0 Å². The molecule has 0 unspecified atom stereocenters. The van der Waals surface area contributed by atoms with E-state index in [-0.39, 0.29) is 6.61 Å². The van der Waals surface area contributed by atoms with Crippen molar-refractivity contribution in [3.63, 3.8) is 0 Å². The molecule has 3 nitrogen and oxygen atoms in total. The second-order valence-corrected chi connectivity index (χ2v) is 10.3. The topological polar surface area (TPSA) is 35.5 Å². The fraction of sp³-hybridized carbons (Fsp3) is 0.562. The van der Waals surface area contributed by atoms with Gasteiger partial charge in [0, 0.05) is 7.11 Å². The van der Waals surface area contributed by atoms with Gasteiger partial charge >= 0.3 is 5.97 Å². The summed E-state index contributed by atoms with van der Waals surface area (Å²) in [4.78, 5) is 11.7. The number of benzene rings is 1. The van der Waals surface area contributed by atoms with Crippen molar-refractivity contribution in [1.29, 1.82) is 0 Å². The van der Waals surface area contributed by atoms with E-state index >= 15 is 0 Å². The van der Waals surface area contributed by atoms with Crippen molar-refractivity contribution >= 4 is 14.3 Å². The second-order valence-electron chi connectivity index (χ2n) is 5.63. The quantitative estimate of drug-likeness (QED) is 0.151. The largest absolute Gasteiger partial charge is 0.462 e. The van der Waals surface area contributed by atoms with Crippen molar-refractivity contribution in [3.8, 4) is 0 Å². The normalized spacial score (nSPS) is 11.7. The van der Waals surface area contributed by atoms with E-state index in [2.05, 4.69) is 4.74 Å². The molecule has 9 heteroatoms. The van der Waals surface area contributed by atoms with Crippen molar-refractivity contribution < 1.29 is 35.9 Å². The smallest absolute Gasteiger partial charge is 0.344 e. The number of carbonyl (C=O) groups is 1. The van der Waals surface area contributed by atoms with Crippen LogP contribution in [0.1, 0.15) is 37.0 Å². The van der Waals surface area contributed by atoms with Gasteiger partial charge in [-0.05, 0) is 24.6 Å². The molecule has 0 aliphatic rings. The summed E-state index contributed by atoms with van der Waals surface area (Å²) in [7, 11) is -0.130. The summed E-state index contributed by atoms with van der Waals surface area (Å²) in [5.74, 6) is -12.6. The minimum atomic E-state index is -2.31. The standard InChI is InChI=1S/C16H21F5O3Si/c1-4-25(5-2,23-3)9-7-6-8-24-16(22)10-11(17)13(19)15(21)14(20)12(10)18/h4-9H2,1-3H3. The molecule has 1 aromatic carbocycles. The monoisotopic (exact) mass is 384 g/mol. The van der Waals surface area contributed by atoms with Gasteiger partial charge in [0.05, 0.1) is 6.61 Å². The number of esters is 1. The molecular weight excluding hydrogens is 363 g/mol. The molecule has 0 amide bonds. The molecule has 0 aromatic heterocycles. The zero-order chi connectivity index (χ0) is 19.2. The Labute approximate surface area is 144 Å². The molecule has 0 heterocycles. The van der Waals surface area contributed by atoms with Crippen LogP contribution in [0.3, 0.4) is 0 Å². The average molecular weight is 384 g/mol. The van der Waals surface area contributed by atoms with Crippen LogP contribution in [0.15, 0.2) is 0 Å². The molecule has 0 atom stereocenters. The molecular formula is C16H21F5O3Si. The van der Waals surface area contributed by atoms with Crippen molar-refractivity contribution in [2.24, 2.45) is 0 Å². The van der Waals surface area contributed by atoms with E-state index < -0.39 is 48.9 Å². The van der Waals surface area contributed by atoms with Crippen LogP contribution < -0.4 is 0 Å². The van der Waals surface area contributed by atoms with Gasteiger partial charge in [-0.25, -0.2) is 26.7 Å². The van der Waals surface area contributed by atoms with E-state index in [9.17, 15) is 26.7 Å². The Morgan fingerprint density at radius 2 is 1.36 bits per heavy atom. The minimum absolute atomic E-state index is 0.181. The van der Waals surface area contributed by atoms with E-state index in [1.807, 2.05) is 13.8 Å². The molecule has 0 aliphatic heterocycles. The van der Waals surface area contributed by atoms with Crippen molar-refractivity contribution in [3.05, 3.63) is 34.6 Å². The van der Waals surface area contributed by atoms with Crippen LogP contribution in [0.4, 0.5) is 22.0 Å². The first-order chi connectivity index (χ1) is 11.7. The highest BCUT2D eigenvalue weighted by Crippen LogP contribution is 2.25. The highest BCUT2D eigenvalue weighted by atomic mass is 28.4. The van der Waals surface area contributed by atoms with E-state index in [1.165, 1.54) is 0 Å². The summed E-state index contributed by atoms with van der Waals surface area (Å²) < 4.78 is 76.3. The van der Waals surface area contributed by atoms with Gasteiger partial charge < -0.3 is 9.16 Å². The molecule has 1 rings (SSSR count). The molecule has 0 N–H and O–H groups in total. The molecule has 0 saturated carbocycles. The van der Waals surface area contributed by atoms with Gasteiger partial charge in [-0.1, -0.05) is 20.3 Å². The molecule has 25 heavy (non-hydrogen) atoms. The highest BCUT2D eigenvalue weighted by molar-refractivity contribution is 6.73. The Morgan fingerprint density at radius 3 is 1.80 bits per heavy atom. The molecule has 0 radical (unpaired) electrons. The van der Waals surface area contributed by atoms with Gasteiger partial charge in [0.2, 0.25) is 5.82 Å². The van der Waals surface area contributed by atoms with Crippen LogP contribution in [0.2, 0.25) is 18.1 Å². The number of rotatable bonds is 9. The third-order valence-corrected chi connectivity index (χ3v) is 9.10. The third-order valence-electron chi connectivity index (χ3n) is 4.40. The predicted molar refractivity (Wildman–Crippen MR) is 84.3 cm³/mol. The fourth-order valence-electron chi connectivity index (χ4n) is 2.56. The van der Waals surface area contributed by atoms with Crippen molar-refractivity contribution in [2.75, 3.05) is 13.7 Å². The number of ether oxygens (including phenoxy) is 1. The molecule has 0 fully saturated rings. The summed E-state index contributed by atoms with van der Waals surface area (Å²) in [6, 6.07) is 2.70. The SMILES string of the molecule is CC[Si](CC)(CCCCOC(=O)c1c(F)c(F)c(F)c(F)c1F)OC. The number of halogens is 5. The molecule has 0 spiro atoms. The lowest BCUT2D eigenvalue weighted by Crippen LogP contribution is -2.35. The zero-order valence-electron chi connectivity index (χ0n) is 14.4. The lowest BCUT2D eigenvalue weighted by Gasteiger charge is -2.27. The van der Waals surface area contributed by atoms with Crippen LogP contribution >= 0.6 is 0 Å². The Hall–Kier alpha value is -1.48. The number of unbranched alkanes of at least 4 members (excludes halogenated alkanes) is 1. The lowest BCUT2D eigenvalue weighted by molar-refractivity contribution is 0.0484. The third kappa shape index (κ3) is 4.78. The molecule has 0 bridgehead atoms. The Balaban J connectivity index is 2.65. The average Bonchev–Trinajstić information content (AvgIpc) is 2.62. The van der Waals surface area contributed by atoms with Gasteiger partial charge in [-0.3, -0.25) is 0 Å². The summed E-state index contributed by atoms with van der Waals surface area (Å²) >= 11 is 0. The molecule has 1 aromatic rings. The zero-order valence-corrected chi connectivity index (χ0v) is 15.4.